The summed E-state index contributed by atoms with van der Waals surface area (Å²) in [7, 11) is -3.50. The predicted octanol–water partition coefficient (Wildman–Crippen LogP) is 2.58. The number of sulfone groups is 1. The van der Waals surface area contributed by atoms with Gasteiger partial charge in [-0.1, -0.05) is 32.0 Å². The molecule has 0 aliphatic heterocycles. The minimum Gasteiger partial charge on any atom is -0.452 e. The molecular weight excluding hydrogens is 420 g/mol. The maximum absolute atomic E-state index is 12.4. The van der Waals surface area contributed by atoms with Gasteiger partial charge >= 0.3 is 5.97 Å². The number of carbonyl (C=O) groups is 3. The number of carbonyl (C=O) groups excluding carboxylic acids is 3. The van der Waals surface area contributed by atoms with Crippen LogP contribution in [-0.2, 0) is 19.4 Å². The summed E-state index contributed by atoms with van der Waals surface area (Å²) in [6.07, 6.45) is 1.04. The van der Waals surface area contributed by atoms with Gasteiger partial charge in [-0.15, -0.1) is 0 Å². The fourth-order valence-corrected chi connectivity index (χ4v) is 3.28. The van der Waals surface area contributed by atoms with E-state index in [9.17, 15) is 22.8 Å². The van der Waals surface area contributed by atoms with E-state index in [-0.39, 0.29) is 22.3 Å². The maximum atomic E-state index is 12.4. The van der Waals surface area contributed by atoms with Gasteiger partial charge in [-0.25, -0.2) is 13.2 Å². The minimum absolute atomic E-state index is 0.0177. The van der Waals surface area contributed by atoms with Crippen LogP contribution in [0.4, 0.5) is 5.69 Å². The third kappa shape index (κ3) is 6.92. The fraction of sp³-hybridized carbons (Fsp3) is 0.318. The zero-order valence-electron chi connectivity index (χ0n) is 17.9. The molecule has 2 aromatic rings. The van der Waals surface area contributed by atoms with Crippen LogP contribution in [-0.4, -0.2) is 45.6 Å². The van der Waals surface area contributed by atoms with Crippen LogP contribution in [0.5, 0.6) is 0 Å². The Hall–Kier alpha value is -3.20. The van der Waals surface area contributed by atoms with E-state index in [0.717, 1.165) is 6.26 Å². The zero-order valence-corrected chi connectivity index (χ0v) is 18.7. The highest BCUT2D eigenvalue weighted by molar-refractivity contribution is 7.90. The lowest BCUT2D eigenvalue weighted by molar-refractivity contribution is -0.119. The number of benzene rings is 2. The number of ether oxygens (including phenoxy) is 1. The second kappa shape index (κ2) is 10.2. The van der Waals surface area contributed by atoms with E-state index in [1.54, 1.807) is 31.2 Å². The number of amides is 2. The summed E-state index contributed by atoms with van der Waals surface area (Å²) < 4.78 is 28.5. The van der Waals surface area contributed by atoms with E-state index >= 15 is 0 Å². The topological polar surface area (TPSA) is 119 Å². The van der Waals surface area contributed by atoms with Gasteiger partial charge in [-0.05, 0) is 42.7 Å². The summed E-state index contributed by atoms with van der Waals surface area (Å²) in [6, 6.07) is 10.6. The third-order valence-corrected chi connectivity index (χ3v) is 5.42. The molecule has 166 valence electrons. The van der Waals surface area contributed by atoms with Crippen molar-refractivity contribution in [3.63, 3.8) is 0 Å². The van der Waals surface area contributed by atoms with Gasteiger partial charge in [0.25, 0.3) is 11.8 Å². The average Bonchev–Trinajstić information content (AvgIpc) is 2.70. The number of rotatable bonds is 8. The Morgan fingerprint density at radius 3 is 2.35 bits per heavy atom. The van der Waals surface area contributed by atoms with Crippen LogP contribution in [0.2, 0.25) is 0 Å². The van der Waals surface area contributed by atoms with Gasteiger partial charge in [0.1, 0.15) is 0 Å². The van der Waals surface area contributed by atoms with Crippen molar-refractivity contribution in [2.24, 2.45) is 5.92 Å². The normalized spacial score (nSPS) is 11.1. The molecule has 9 heteroatoms. The van der Waals surface area contributed by atoms with Crippen LogP contribution in [0.1, 0.15) is 40.1 Å². The van der Waals surface area contributed by atoms with Crippen molar-refractivity contribution in [1.82, 2.24) is 5.32 Å². The standard InChI is InChI=1S/C22H26N2O6S/c1-14(2)12-23-21(26)17-7-5-6-8-19(17)24-20(25)13-30-22(27)18-11-16(31(4,28)29)10-9-15(18)3/h5-11,14H,12-13H2,1-4H3,(H,23,26)(H,24,25). The molecule has 2 amide bonds. The molecule has 31 heavy (non-hydrogen) atoms. The SMILES string of the molecule is Cc1ccc(S(C)(=O)=O)cc1C(=O)OCC(=O)Nc1ccccc1C(=O)NCC(C)C. The van der Waals surface area contributed by atoms with Crippen LogP contribution in [0.25, 0.3) is 0 Å². The monoisotopic (exact) mass is 446 g/mol. The van der Waals surface area contributed by atoms with Crippen molar-refractivity contribution in [1.29, 1.82) is 0 Å². The molecule has 0 bridgehead atoms. The molecule has 0 saturated heterocycles. The van der Waals surface area contributed by atoms with Crippen molar-refractivity contribution in [3.05, 3.63) is 59.2 Å². The van der Waals surface area contributed by atoms with Gasteiger partial charge in [0.05, 0.1) is 21.7 Å². The molecule has 0 atom stereocenters. The molecule has 2 rings (SSSR count). The highest BCUT2D eigenvalue weighted by Gasteiger charge is 2.18. The number of anilines is 1. The summed E-state index contributed by atoms with van der Waals surface area (Å²) in [5.41, 5.74) is 1.16. The number of esters is 1. The fourth-order valence-electron chi connectivity index (χ4n) is 2.63. The molecule has 0 aromatic heterocycles. The Morgan fingerprint density at radius 2 is 1.71 bits per heavy atom. The lowest BCUT2D eigenvalue weighted by Gasteiger charge is -2.13. The van der Waals surface area contributed by atoms with Gasteiger partial charge in [0.15, 0.2) is 16.4 Å². The van der Waals surface area contributed by atoms with E-state index in [1.165, 1.54) is 18.2 Å². The van der Waals surface area contributed by atoms with Crippen LogP contribution < -0.4 is 10.6 Å². The van der Waals surface area contributed by atoms with Crippen molar-refractivity contribution >= 4 is 33.3 Å². The van der Waals surface area contributed by atoms with E-state index in [0.29, 0.717) is 23.4 Å². The average molecular weight is 447 g/mol. The second-order valence-electron chi connectivity index (χ2n) is 7.52. The smallest absolute Gasteiger partial charge is 0.338 e. The first-order chi connectivity index (χ1) is 14.5. The lowest BCUT2D eigenvalue weighted by Crippen LogP contribution is -2.29. The number of nitrogens with one attached hydrogen (secondary N) is 2. The van der Waals surface area contributed by atoms with E-state index in [4.69, 9.17) is 4.74 Å². The predicted molar refractivity (Wildman–Crippen MR) is 117 cm³/mol. The lowest BCUT2D eigenvalue weighted by atomic mass is 10.1. The molecule has 0 unspecified atom stereocenters. The third-order valence-electron chi connectivity index (χ3n) is 4.31. The molecule has 2 N–H and O–H groups in total. The molecule has 0 radical (unpaired) electrons. The van der Waals surface area contributed by atoms with Gasteiger partial charge in [0.2, 0.25) is 0 Å². The van der Waals surface area contributed by atoms with Gasteiger partial charge in [0, 0.05) is 12.8 Å². The summed E-state index contributed by atoms with van der Waals surface area (Å²) in [6.45, 7) is 5.47. The number of para-hydroxylation sites is 1. The van der Waals surface area contributed by atoms with E-state index < -0.39 is 28.3 Å². The van der Waals surface area contributed by atoms with Crippen molar-refractivity contribution in [2.75, 3.05) is 24.7 Å². The van der Waals surface area contributed by atoms with Gasteiger partial charge in [-0.3, -0.25) is 9.59 Å². The molecule has 0 aliphatic carbocycles. The molecule has 8 nitrogen and oxygen atoms in total. The summed E-state index contributed by atoms with van der Waals surface area (Å²) in [5.74, 6) is -1.50. The molecule has 0 aliphatic rings. The summed E-state index contributed by atoms with van der Waals surface area (Å²) >= 11 is 0. The van der Waals surface area contributed by atoms with Crippen molar-refractivity contribution in [3.8, 4) is 0 Å². The quantitative estimate of drug-likeness (QED) is 0.602. The van der Waals surface area contributed by atoms with Gasteiger partial charge < -0.3 is 15.4 Å². The molecule has 0 heterocycles. The highest BCUT2D eigenvalue weighted by Crippen LogP contribution is 2.17. The highest BCUT2D eigenvalue weighted by atomic mass is 32.2. The number of hydrogen-bond donors (Lipinski definition) is 2. The Kier molecular flexibility index (Phi) is 7.93. The molecule has 0 saturated carbocycles. The van der Waals surface area contributed by atoms with E-state index in [1.807, 2.05) is 13.8 Å². The summed E-state index contributed by atoms with van der Waals surface area (Å²) in [5, 5.41) is 5.35. The van der Waals surface area contributed by atoms with Crippen molar-refractivity contribution < 1.29 is 27.5 Å². The molecule has 0 fully saturated rings. The first-order valence-electron chi connectivity index (χ1n) is 9.64. The Bertz CT molecular complexity index is 1090. The molecular formula is C22H26N2O6S. The maximum Gasteiger partial charge on any atom is 0.338 e. The number of aryl methyl sites for hydroxylation is 1. The molecule has 2 aromatic carbocycles. The van der Waals surface area contributed by atoms with Crippen LogP contribution in [0, 0.1) is 12.8 Å². The zero-order chi connectivity index (χ0) is 23.2. The van der Waals surface area contributed by atoms with Crippen molar-refractivity contribution in [2.45, 2.75) is 25.7 Å². The Balaban J connectivity index is 2.05. The number of hydrogen-bond acceptors (Lipinski definition) is 6. The van der Waals surface area contributed by atoms with Crippen LogP contribution >= 0.6 is 0 Å². The largest absolute Gasteiger partial charge is 0.452 e. The summed E-state index contributed by atoms with van der Waals surface area (Å²) in [4.78, 5) is 37.0. The first kappa shape index (κ1) is 24.1. The van der Waals surface area contributed by atoms with E-state index in [2.05, 4.69) is 10.6 Å². The Labute approximate surface area is 181 Å². The Morgan fingerprint density at radius 1 is 1.03 bits per heavy atom. The first-order valence-corrected chi connectivity index (χ1v) is 11.5. The van der Waals surface area contributed by atoms with Crippen LogP contribution in [0.15, 0.2) is 47.4 Å². The molecule has 0 spiro atoms. The minimum atomic E-state index is -3.50. The van der Waals surface area contributed by atoms with Gasteiger partial charge in [-0.2, -0.15) is 0 Å². The second-order valence-corrected chi connectivity index (χ2v) is 9.54. The van der Waals surface area contributed by atoms with Crippen LogP contribution in [0.3, 0.4) is 0 Å².